The van der Waals surface area contributed by atoms with Crippen molar-refractivity contribution >= 4 is 12.1 Å². The Bertz CT molecular complexity index is 259. The van der Waals surface area contributed by atoms with E-state index in [2.05, 4.69) is 4.74 Å². The summed E-state index contributed by atoms with van der Waals surface area (Å²) in [6.45, 7) is 1.41. The number of rotatable bonds is 4. The highest BCUT2D eigenvalue weighted by Gasteiger charge is 2.25. The summed E-state index contributed by atoms with van der Waals surface area (Å²) in [6.07, 6.45) is -0.664. The number of nitriles is 1. The molecule has 0 saturated heterocycles. The van der Waals surface area contributed by atoms with Gasteiger partial charge in [0.15, 0.2) is 0 Å². The highest BCUT2D eigenvalue weighted by atomic mass is 16.5. The van der Waals surface area contributed by atoms with Crippen molar-refractivity contribution in [3.8, 4) is 6.07 Å². The predicted octanol–water partition coefficient (Wildman–Crippen LogP) is 0.442. The number of amides is 1. The van der Waals surface area contributed by atoms with Gasteiger partial charge in [-0.05, 0) is 6.92 Å². The zero-order chi connectivity index (χ0) is 11.1. The van der Waals surface area contributed by atoms with Crippen molar-refractivity contribution in [3.05, 3.63) is 0 Å². The third-order valence-corrected chi connectivity index (χ3v) is 1.70. The maximum absolute atomic E-state index is 11.1. The Labute approximate surface area is 81.7 Å². The number of nitrogens with zero attached hydrogens (tertiary/aromatic N) is 2. The van der Waals surface area contributed by atoms with Crippen molar-refractivity contribution in [1.82, 2.24) is 4.90 Å². The third kappa shape index (κ3) is 3.31. The number of ether oxygens (including phenoxy) is 1. The summed E-state index contributed by atoms with van der Waals surface area (Å²) in [7, 11) is 1.16. The Morgan fingerprint density at radius 3 is 2.57 bits per heavy atom. The van der Waals surface area contributed by atoms with Crippen LogP contribution in [0.1, 0.15) is 13.3 Å². The molecule has 0 aromatic rings. The molecule has 1 atom stereocenters. The van der Waals surface area contributed by atoms with Crippen LogP contribution < -0.4 is 0 Å². The minimum Gasteiger partial charge on any atom is -0.480 e. The van der Waals surface area contributed by atoms with Crippen LogP contribution in [0.4, 0.5) is 4.79 Å². The fraction of sp³-hybridized carbons (Fsp3) is 0.625. The predicted molar refractivity (Wildman–Crippen MR) is 46.4 cm³/mol. The second-order valence-corrected chi connectivity index (χ2v) is 2.59. The summed E-state index contributed by atoms with van der Waals surface area (Å²) in [5, 5.41) is 17.0. The monoisotopic (exact) mass is 200 g/mol. The van der Waals surface area contributed by atoms with Gasteiger partial charge in [-0.25, -0.2) is 9.59 Å². The van der Waals surface area contributed by atoms with Gasteiger partial charge in [0, 0.05) is 6.54 Å². The topological polar surface area (TPSA) is 90.6 Å². The zero-order valence-electron chi connectivity index (χ0n) is 8.06. The number of carboxylic acid groups (broad SMARTS) is 1. The van der Waals surface area contributed by atoms with Crippen LogP contribution in [0.3, 0.4) is 0 Å². The van der Waals surface area contributed by atoms with Crippen LogP contribution in [-0.2, 0) is 9.53 Å². The Kier molecular flexibility index (Phi) is 5.07. The van der Waals surface area contributed by atoms with Gasteiger partial charge in [-0.2, -0.15) is 5.26 Å². The molecule has 0 saturated carbocycles. The second kappa shape index (κ2) is 5.80. The summed E-state index contributed by atoms with van der Waals surface area (Å²) in [5.41, 5.74) is 0. The summed E-state index contributed by atoms with van der Waals surface area (Å²) >= 11 is 0. The van der Waals surface area contributed by atoms with Crippen molar-refractivity contribution in [3.63, 3.8) is 0 Å². The van der Waals surface area contributed by atoms with Gasteiger partial charge in [-0.1, -0.05) is 0 Å². The standard InChI is InChI=1S/C8H12N2O4/c1-6(7(11)12)10(5-3-4-9)8(13)14-2/h6H,3,5H2,1-2H3,(H,11,12). The third-order valence-electron chi connectivity index (χ3n) is 1.70. The minimum atomic E-state index is -1.13. The molecule has 0 aliphatic rings. The highest BCUT2D eigenvalue weighted by molar-refractivity contribution is 5.79. The van der Waals surface area contributed by atoms with E-state index in [1.165, 1.54) is 6.92 Å². The molecule has 0 spiro atoms. The van der Waals surface area contributed by atoms with Gasteiger partial charge in [0.1, 0.15) is 6.04 Å². The fourth-order valence-electron chi connectivity index (χ4n) is 0.864. The second-order valence-electron chi connectivity index (χ2n) is 2.59. The Hall–Kier alpha value is -1.77. The summed E-state index contributed by atoms with van der Waals surface area (Å²) in [5.74, 6) is -1.13. The van der Waals surface area contributed by atoms with Gasteiger partial charge in [0.2, 0.25) is 0 Å². The lowest BCUT2D eigenvalue weighted by atomic mass is 10.3. The Morgan fingerprint density at radius 2 is 2.21 bits per heavy atom. The summed E-state index contributed by atoms with van der Waals surface area (Å²) in [6, 6.07) is 0.839. The number of aliphatic carboxylic acids is 1. The number of carboxylic acids is 1. The molecular weight excluding hydrogens is 188 g/mol. The minimum absolute atomic E-state index is 0.0522. The maximum atomic E-state index is 11.1. The lowest BCUT2D eigenvalue weighted by Gasteiger charge is -2.23. The molecule has 0 rings (SSSR count). The lowest BCUT2D eigenvalue weighted by molar-refractivity contribution is -0.142. The van der Waals surface area contributed by atoms with Crippen LogP contribution in [0.25, 0.3) is 0 Å². The molecule has 0 aliphatic heterocycles. The molecule has 6 heteroatoms. The Morgan fingerprint density at radius 1 is 1.64 bits per heavy atom. The average molecular weight is 200 g/mol. The van der Waals surface area contributed by atoms with Gasteiger partial charge >= 0.3 is 12.1 Å². The quantitative estimate of drug-likeness (QED) is 0.711. The lowest BCUT2D eigenvalue weighted by Crippen LogP contribution is -2.43. The molecular formula is C8H12N2O4. The first-order valence-corrected chi connectivity index (χ1v) is 3.99. The van der Waals surface area contributed by atoms with Gasteiger partial charge in [0.25, 0.3) is 0 Å². The first kappa shape index (κ1) is 12.2. The molecule has 0 heterocycles. The van der Waals surface area contributed by atoms with Gasteiger partial charge in [-0.15, -0.1) is 0 Å². The van der Waals surface area contributed by atoms with E-state index in [9.17, 15) is 9.59 Å². The zero-order valence-corrected chi connectivity index (χ0v) is 8.06. The largest absolute Gasteiger partial charge is 0.480 e. The molecule has 0 bridgehead atoms. The van der Waals surface area contributed by atoms with Crippen molar-refractivity contribution in [2.24, 2.45) is 0 Å². The average Bonchev–Trinajstić information content (AvgIpc) is 2.17. The van der Waals surface area contributed by atoms with E-state index in [0.717, 1.165) is 12.0 Å². The van der Waals surface area contributed by atoms with Crippen molar-refractivity contribution in [2.75, 3.05) is 13.7 Å². The van der Waals surface area contributed by atoms with E-state index in [0.29, 0.717) is 0 Å². The Balaban J connectivity index is 4.47. The SMILES string of the molecule is COC(=O)N(CCC#N)C(C)C(=O)O. The van der Waals surface area contributed by atoms with E-state index < -0.39 is 18.1 Å². The normalized spacial score (nSPS) is 11.2. The van der Waals surface area contributed by atoms with Crippen LogP contribution in [0, 0.1) is 11.3 Å². The molecule has 0 fully saturated rings. The van der Waals surface area contributed by atoms with Crippen LogP contribution in [0.5, 0.6) is 0 Å². The van der Waals surface area contributed by atoms with Crippen molar-refractivity contribution in [1.29, 1.82) is 5.26 Å². The fourth-order valence-corrected chi connectivity index (χ4v) is 0.864. The van der Waals surface area contributed by atoms with Gasteiger partial charge in [-0.3, -0.25) is 4.90 Å². The van der Waals surface area contributed by atoms with Gasteiger partial charge < -0.3 is 9.84 Å². The molecule has 1 amide bonds. The van der Waals surface area contributed by atoms with Crippen molar-refractivity contribution < 1.29 is 19.4 Å². The molecule has 14 heavy (non-hydrogen) atoms. The number of carbonyl (C=O) groups is 2. The molecule has 78 valence electrons. The number of hydrogen-bond acceptors (Lipinski definition) is 4. The highest BCUT2D eigenvalue weighted by Crippen LogP contribution is 2.03. The van der Waals surface area contributed by atoms with Gasteiger partial charge in [0.05, 0.1) is 19.6 Å². The van der Waals surface area contributed by atoms with E-state index in [1.54, 1.807) is 0 Å². The smallest absolute Gasteiger partial charge is 0.410 e. The van der Waals surface area contributed by atoms with E-state index >= 15 is 0 Å². The number of methoxy groups -OCH3 is 1. The molecule has 0 radical (unpaired) electrons. The molecule has 1 N–H and O–H groups in total. The van der Waals surface area contributed by atoms with Crippen LogP contribution >= 0.6 is 0 Å². The summed E-state index contributed by atoms with van der Waals surface area (Å²) < 4.78 is 4.39. The molecule has 0 aliphatic carbocycles. The molecule has 0 aromatic heterocycles. The van der Waals surface area contributed by atoms with Crippen molar-refractivity contribution in [2.45, 2.75) is 19.4 Å². The molecule has 6 nitrogen and oxygen atoms in total. The van der Waals surface area contributed by atoms with Crippen LogP contribution in [0.2, 0.25) is 0 Å². The summed E-state index contributed by atoms with van der Waals surface area (Å²) in [4.78, 5) is 22.7. The van der Waals surface area contributed by atoms with E-state index in [-0.39, 0.29) is 13.0 Å². The van der Waals surface area contributed by atoms with Crippen LogP contribution in [0.15, 0.2) is 0 Å². The molecule has 1 unspecified atom stereocenters. The molecule has 0 aromatic carbocycles. The maximum Gasteiger partial charge on any atom is 0.410 e. The van der Waals surface area contributed by atoms with E-state index in [1.807, 2.05) is 6.07 Å². The first-order chi connectivity index (χ1) is 6.54. The number of hydrogen-bond donors (Lipinski definition) is 1. The first-order valence-electron chi connectivity index (χ1n) is 3.99. The number of carbonyl (C=O) groups excluding carboxylic acids is 1. The van der Waals surface area contributed by atoms with Crippen LogP contribution in [-0.4, -0.2) is 41.8 Å². The van der Waals surface area contributed by atoms with E-state index in [4.69, 9.17) is 10.4 Å².